The first kappa shape index (κ1) is 14.3. The molecule has 114 valence electrons. The number of carbonyl (C=O) groups is 1. The van der Waals surface area contributed by atoms with Crippen LogP contribution in [0.3, 0.4) is 0 Å². The fraction of sp³-hybridized carbons (Fsp3) is 0.562. The maximum atomic E-state index is 12.0. The van der Waals surface area contributed by atoms with E-state index in [0.29, 0.717) is 18.0 Å². The second-order valence-electron chi connectivity index (χ2n) is 6.09. The van der Waals surface area contributed by atoms with Gasteiger partial charge >= 0.3 is 6.61 Å². The predicted molar refractivity (Wildman–Crippen MR) is 75.3 cm³/mol. The van der Waals surface area contributed by atoms with E-state index in [1.807, 2.05) is 0 Å². The highest BCUT2D eigenvalue weighted by atomic mass is 19.3. The maximum Gasteiger partial charge on any atom is 0.387 e. The third-order valence-electron chi connectivity index (χ3n) is 4.70. The minimum absolute atomic E-state index is 0.00933. The van der Waals surface area contributed by atoms with Gasteiger partial charge in [-0.15, -0.1) is 0 Å². The molecule has 0 unspecified atom stereocenters. The minimum atomic E-state index is -2.83. The van der Waals surface area contributed by atoms with Gasteiger partial charge in [0.2, 0.25) is 5.91 Å². The van der Waals surface area contributed by atoms with Crippen molar-refractivity contribution >= 4 is 11.6 Å². The molecular weight excluding hydrogens is 276 g/mol. The van der Waals surface area contributed by atoms with Crippen LogP contribution >= 0.6 is 0 Å². The standard InChI is InChI=1S/C16H19F2NO2/c17-16(18)21-14-5-3-13(4-6-14)19-15(20)9-12-8-10-1-2-11(12)7-10/h3-6,10-12,16H,1-2,7-9H2,(H,19,20)/t10-,11+,12-/m0/s1. The van der Waals surface area contributed by atoms with Gasteiger partial charge < -0.3 is 10.1 Å². The summed E-state index contributed by atoms with van der Waals surface area (Å²) in [6, 6.07) is 6.02. The van der Waals surface area contributed by atoms with Gasteiger partial charge in [-0.3, -0.25) is 4.79 Å². The lowest BCUT2D eigenvalue weighted by Gasteiger charge is -2.20. The summed E-state index contributed by atoms with van der Waals surface area (Å²) in [5.41, 5.74) is 0.616. The summed E-state index contributed by atoms with van der Waals surface area (Å²) in [6.07, 6.45) is 5.63. The van der Waals surface area contributed by atoms with E-state index in [0.717, 1.165) is 11.8 Å². The van der Waals surface area contributed by atoms with Crippen molar-refractivity contribution in [3.05, 3.63) is 24.3 Å². The summed E-state index contributed by atoms with van der Waals surface area (Å²) in [7, 11) is 0. The van der Waals surface area contributed by atoms with Gasteiger partial charge in [0, 0.05) is 12.1 Å². The van der Waals surface area contributed by atoms with Gasteiger partial charge in [0.15, 0.2) is 0 Å². The van der Waals surface area contributed by atoms with Crippen molar-refractivity contribution in [2.75, 3.05) is 5.32 Å². The summed E-state index contributed by atoms with van der Waals surface area (Å²) < 4.78 is 28.3. The number of benzene rings is 1. The Morgan fingerprint density at radius 3 is 2.57 bits per heavy atom. The molecule has 3 atom stereocenters. The number of alkyl halides is 2. The van der Waals surface area contributed by atoms with E-state index in [1.54, 1.807) is 12.1 Å². The van der Waals surface area contributed by atoms with Crippen molar-refractivity contribution in [3.8, 4) is 5.75 Å². The van der Waals surface area contributed by atoms with Crippen molar-refractivity contribution < 1.29 is 18.3 Å². The number of halogens is 2. The Morgan fingerprint density at radius 1 is 1.24 bits per heavy atom. The summed E-state index contributed by atoms with van der Waals surface area (Å²) in [5.74, 6) is 2.18. The van der Waals surface area contributed by atoms with Crippen LogP contribution in [0.25, 0.3) is 0 Å². The highest BCUT2D eigenvalue weighted by Gasteiger charge is 2.40. The molecule has 3 nitrogen and oxygen atoms in total. The predicted octanol–water partition coefficient (Wildman–Crippen LogP) is 4.05. The van der Waals surface area contributed by atoms with Crippen LogP contribution in [0.15, 0.2) is 24.3 Å². The number of hydrogen-bond donors (Lipinski definition) is 1. The SMILES string of the molecule is O=C(C[C@@H]1C[C@H]2CC[C@@H]1C2)Nc1ccc(OC(F)F)cc1. The van der Waals surface area contributed by atoms with Gasteiger partial charge in [0.25, 0.3) is 0 Å². The number of anilines is 1. The van der Waals surface area contributed by atoms with Gasteiger partial charge in [0.05, 0.1) is 0 Å². The Balaban J connectivity index is 1.50. The molecule has 0 saturated heterocycles. The van der Waals surface area contributed by atoms with E-state index >= 15 is 0 Å². The molecule has 0 spiro atoms. The molecule has 5 heteroatoms. The van der Waals surface area contributed by atoms with Crippen molar-refractivity contribution in [3.63, 3.8) is 0 Å². The second-order valence-corrected chi connectivity index (χ2v) is 6.09. The summed E-state index contributed by atoms with van der Waals surface area (Å²) in [5, 5.41) is 2.83. The van der Waals surface area contributed by atoms with Gasteiger partial charge in [-0.05, 0) is 61.3 Å². The van der Waals surface area contributed by atoms with Crippen LogP contribution < -0.4 is 10.1 Å². The molecule has 21 heavy (non-hydrogen) atoms. The third-order valence-corrected chi connectivity index (χ3v) is 4.70. The Kier molecular flexibility index (Phi) is 4.08. The van der Waals surface area contributed by atoms with Crippen molar-refractivity contribution in [1.29, 1.82) is 0 Å². The van der Waals surface area contributed by atoms with Crippen LogP contribution in [-0.4, -0.2) is 12.5 Å². The van der Waals surface area contributed by atoms with Crippen LogP contribution in [0, 0.1) is 17.8 Å². The van der Waals surface area contributed by atoms with E-state index in [4.69, 9.17) is 0 Å². The normalized spacial score (nSPS) is 27.1. The molecule has 1 aromatic carbocycles. The third kappa shape index (κ3) is 3.52. The molecule has 2 bridgehead atoms. The molecule has 2 aliphatic carbocycles. The Bertz CT molecular complexity index is 504. The number of fused-ring (bicyclic) bond motifs is 2. The first-order valence-electron chi connectivity index (χ1n) is 7.45. The lowest BCUT2D eigenvalue weighted by Crippen LogP contribution is -2.20. The Labute approximate surface area is 122 Å². The number of ether oxygens (including phenoxy) is 1. The summed E-state index contributed by atoms with van der Waals surface area (Å²) in [4.78, 5) is 12.0. The van der Waals surface area contributed by atoms with Crippen molar-refractivity contribution in [2.24, 2.45) is 17.8 Å². The van der Waals surface area contributed by atoms with Crippen LogP contribution in [0.5, 0.6) is 5.75 Å². The molecule has 0 aliphatic heterocycles. The average molecular weight is 295 g/mol. The maximum absolute atomic E-state index is 12.0. The average Bonchev–Trinajstić information content (AvgIpc) is 3.02. The topological polar surface area (TPSA) is 38.3 Å². The Morgan fingerprint density at radius 2 is 2.00 bits per heavy atom. The summed E-state index contributed by atoms with van der Waals surface area (Å²) in [6.45, 7) is -2.83. The highest BCUT2D eigenvalue weighted by Crippen LogP contribution is 2.49. The van der Waals surface area contributed by atoms with E-state index in [-0.39, 0.29) is 11.7 Å². The Hall–Kier alpha value is -1.65. The lowest BCUT2D eigenvalue weighted by atomic mass is 9.86. The molecule has 0 aromatic heterocycles. The van der Waals surface area contributed by atoms with E-state index in [9.17, 15) is 13.6 Å². The van der Waals surface area contributed by atoms with Crippen LogP contribution in [0.4, 0.5) is 14.5 Å². The number of hydrogen-bond acceptors (Lipinski definition) is 2. The number of amides is 1. The quantitative estimate of drug-likeness (QED) is 0.890. The van der Waals surface area contributed by atoms with Crippen molar-refractivity contribution in [2.45, 2.75) is 38.7 Å². The van der Waals surface area contributed by atoms with Crippen LogP contribution in [-0.2, 0) is 4.79 Å². The smallest absolute Gasteiger partial charge is 0.387 e. The largest absolute Gasteiger partial charge is 0.435 e. The van der Waals surface area contributed by atoms with Crippen molar-refractivity contribution in [1.82, 2.24) is 0 Å². The summed E-state index contributed by atoms with van der Waals surface area (Å²) >= 11 is 0. The number of carbonyl (C=O) groups excluding carboxylic acids is 1. The fourth-order valence-electron chi connectivity index (χ4n) is 3.80. The number of rotatable bonds is 5. The molecule has 1 N–H and O–H groups in total. The van der Waals surface area contributed by atoms with Gasteiger partial charge in [-0.2, -0.15) is 8.78 Å². The van der Waals surface area contributed by atoms with E-state index in [2.05, 4.69) is 10.1 Å². The minimum Gasteiger partial charge on any atom is -0.435 e. The molecule has 1 aromatic rings. The molecule has 3 rings (SSSR count). The zero-order chi connectivity index (χ0) is 14.8. The molecule has 0 radical (unpaired) electrons. The molecule has 0 heterocycles. The van der Waals surface area contributed by atoms with Gasteiger partial charge in [-0.1, -0.05) is 6.42 Å². The molecule has 2 saturated carbocycles. The lowest BCUT2D eigenvalue weighted by molar-refractivity contribution is -0.117. The zero-order valence-corrected chi connectivity index (χ0v) is 11.7. The van der Waals surface area contributed by atoms with Crippen LogP contribution in [0.2, 0.25) is 0 Å². The van der Waals surface area contributed by atoms with E-state index < -0.39 is 6.61 Å². The molecule has 2 fully saturated rings. The molecule has 1 amide bonds. The van der Waals surface area contributed by atoms with Gasteiger partial charge in [0.1, 0.15) is 5.75 Å². The first-order chi connectivity index (χ1) is 10.1. The molecular formula is C16H19F2NO2. The fourth-order valence-corrected chi connectivity index (χ4v) is 3.80. The zero-order valence-electron chi connectivity index (χ0n) is 11.7. The number of nitrogens with one attached hydrogen (secondary N) is 1. The monoisotopic (exact) mass is 295 g/mol. The van der Waals surface area contributed by atoms with Gasteiger partial charge in [-0.25, -0.2) is 0 Å². The molecule has 2 aliphatic rings. The first-order valence-corrected chi connectivity index (χ1v) is 7.45. The second kappa shape index (κ2) is 6.00. The van der Waals surface area contributed by atoms with E-state index in [1.165, 1.54) is 37.8 Å². The van der Waals surface area contributed by atoms with Crippen LogP contribution in [0.1, 0.15) is 32.1 Å². The highest BCUT2D eigenvalue weighted by molar-refractivity contribution is 5.90.